The summed E-state index contributed by atoms with van der Waals surface area (Å²) in [6.45, 7) is 4.24. The summed E-state index contributed by atoms with van der Waals surface area (Å²) in [5.74, 6) is 0.375. The molecule has 0 aliphatic rings. The lowest BCUT2D eigenvalue weighted by molar-refractivity contribution is 0.463. The Morgan fingerprint density at radius 1 is 0.929 bits per heavy atom. The normalized spacial score (nSPS) is 14.7. The molecule has 0 spiro atoms. The van der Waals surface area contributed by atoms with E-state index in [2.05, 4.69) is 13.8 Å². The van der Waals surface area contributed by atoms with Crippen LogP contribution in [0.5, 0.6) is 0 Å². The SMILES string of the molecule is CCCC(C(N)=S)C(CCC)C(N)=S. The van der Waals surface area contributed by atoms with Gasteiger partial charge in [-0.3, -0.25) is 0 Å². The van der Waals surface area contributed by atoms with E-state index in [1.165, 1.54) is 0 Å². The topological polar surface area (TPSA) is 52.0 Å². The highest BCUT2D eigenvalue weighted by atomic mass is 32.1. The Hall–Kier alpha value is -0.220. The molecule has 2 unspecified atom stereocenters. The molecule has 0 aromatic carbocycles. The number of hydrogen-bond donors (Lipinski definition) is 2. The van der Waals surface area contributed by atoms with Crippen molar-refractivity contribution in [2.24, 2.45) is 23.3 Å². The van der Waals surface area contributed by atoms with Crippen LogP contribution in [-0.2, 0) is 0 Å². The van der Waals surface area contributed by atoms with Crippen molar-refractivity contribution in [1.29, 1.82) is 0 Å². The van der Waals surface area contributed by atoms with Crippen LogP contribution in [0.2, 0.25) is 0 Å². The maximum absolute atomic E-state index is 5.71. The number of thiocarbonyl (C=S) groups is 2. The molecule has 4 heteroatoms. The van der Waals surface area contributed by atoms with Crippen molar-refractivity contribution in [3.63, 3.8) is 0 Å². The van der Waals surface area contributed by atoms with Crippen LogP contribution in [0, 0.1) is 11.8 Å². The van der Waals surface area contributed by atoms with Gasteiger partial charge in [0.2, 0.25) is 0 Å². The van der Waals surface area contributed by atoms with Crippen LogP contribution in [-0.4, -0.2) is 9.98 Å². The quantitative estimate of drug-likeness (QED) is 0.662. The van der Waals surface area contributed by atoms with Gasteiger partial charge in [-0.1, -0.05) is 51.1 Å². The zero-order chi connectivity index (χ0) is 11.1. The van der Waals surface area contributed by atoms with Gasteiger partial charge in [-0.25, -0.2) is 0 Å². The van der Waals surface area contributed by atoms with E-state index in [-0.39, 0.29) is 11.8 Å². The lowest BCUT2D eigenvalue weighted by Crippen LogP contribution is -2.35. The van der Waals surface area contributed by atoms with Gasteiger partial charge in [0.15, 0.2) is 0 Å². The number of rotatable bonds is 7. The summed E-state index contributed by atoms with van der Waals surface area (Å²) in [5, 5.41) is 0. The highest BCUT2D eigenvalue weighted by Crippen LogP contribution is 2.23. The Labute approximate surface area is 97.4 Å². The first-order valence-electron chi connectivity index (χ1n) is 5.13. The zero-order valence-corrected chi connectivity index (χ0v) is 10.6. The molecule has 2 nitrogen and oxygen atoms in total. The van der Waals surface area contributed by atoms with Crippen molar-refractivity contribution >= 4 is 34.4 Å². The molecule has 0 fully saturated rings. The van der Waals surface area contributed by atoms with E-state index < -0.39 is 0 Å². The molecule has 14 heavy (non-hydrogen) atoms. The zero-order valence-electron chi connectivity index (χ0n) is 8.95. The lowest BCUT2D eigenvalue weighted by Gasteiger charge is -2.24. The molecular weight excluding hydrogens is 212 g/mol. The second-order valence-electron chi connectivity index (χ2n) is 3.60. The van der Waals surface area contributed by atoms with Crippen LogP contribution in [0.4, 0.5) is 0 Å². The van der Waals surface area contributed by atoms with E-state index in [1.807, 2.05) is 0 Å². The Balaban J connectivity index is 4.54. The van der Waals surface area contributed by atoms with Crippen molar-refractivity contribution < 1.29 is 0 Å². The summed E-state index contributed by atoms with van der Waals surface area (Å²) in [7, 11) is 0. The van der Waals surface area contributed by atoms with Gasteiger partial charge in [0.05, 0.1) is 9.98 Å². The summed E-state index contributed by atoms with van der Waals surface area (Å²) in [6.07, 6.45) is 4.09. The Morgan fingerprint density at radius 2 is 1.21 bits per heavy atom. The van der Waals surface area contributed by atoms with Gasteiger partial charge in [0.1, 0.15) is 0 Å². The first-order valence-corrected chi connectivity index (χ1v) is 5.94. The van der Waals surface area contributed by atoms with E-state index in [9.17, 15) is 0 Å². The van der Waals surface area contributed by atoms with Crippen LogP contribution in [0.3, 0.4) is 0 Å². The number of hydrogen-bond acceptors (Lipinski definition) is 2. The van der Waals surface area contributed by atoms with Crippen molar-refractivity contribution in [3.8, 4) is 0 Å². The molecule has 0 saturated heterocycles. The molecule has 0 saturated carbocycles. The first-order chi connectivity index (χ1) is 6.54. The van der Waals surface area contributed by atoms with Crippen LogP contribution in [0.25, 0.3) is 0 Å². The Kier molecular flexibility index (Phi) is 7.01. The van der Waals surface area contributed by atoms with E-state index >= 15 is 0 Å². The second-order valence-corrected chi connectivity index (χ2v) is 4.54. The standard InChI is InChI=1S/C10H20N2S2/c1-3-5-7(9(11)13)8(6-4-2)10(12)14/h7-8H,3-6H2,1-2H3,(H2,11,13)(H2,12,14). The summed E-state index contributed by atoms with van der Waals surface area (Å²) >= 11 is 10.1. The van der Waals surface area contributed by atoms with Crippen molar-refractivity contribution in [2.45, 2.75) is 39.5 Å². The molecule has 0 bridgehead atoms. The molecule has 0 aliphatic carbocycles. The summed E-state index contributed by atoms with van der Waals surface area (Å²) in [4.78, 5) is 1.11. The highest BCUT2D eigenvalue weighted by molar-refractivity contribution is 7.80. The molecule has 82 valence electrons. The lowest BCUT2D eigenvalue weighted by atomic mass is 9.85. The van der Waals surface area contributed by atoms with Crippen molar-refractivity contribution in [2.75, 3.05) is 0 Å². The van der Waals surface area contributed by atoms with E-state index in [0.717, 1.165) is 25.7 Å². The summed E-state index contributed by atoms with van der Waals surface area (Å²) in [5.41, 5.74) is 11.4. The van der Waals surface area contributed by atoms with Crippen LogP contribution >= 0.6 is 24.4 Å². The van der Waals surface area contributed by atoms with Crippen molar-refractivity contribution in [1.82, 2.24) is 0 Å². The largest absolute Gasteiger partial charge is 0.393 e. The fourth-order valence-electron chi connectivity index (χ4n) is 1.71. The van der Waals surface area contributed by atoms with E-state index in [0.29, 0.717) is 9.98 Å². The minimum Gasteiger partial charge on any atom is -0.393 e. The molecule has 4 N–H and O–H groups in total. The first kappa shape index (κ1) is 13.8. The third kappa shape index (κ3) is 4.33. The van der Waals surface area contributed by atoms with Crippen molar-refractivity contribution in [3.05, 3.63) is 0 Å². The average Bonchev–Trinajstić information content (AvgIpc) is 2.10. The van der Waals surface area contributed by atoms with Gasteiger partial charge in [-0.15, -0.1) is 0 Å². The maximum atomic E-state index is 5.71. The molecular formula is C10H20N2S2. The second kappa shape index (κ2) is 7.12. The Morgan fingerprint density at radius 3 is 1.36 bits per heavy atom. The van der Waals surface area contributed by atoms with Gasteiger partial charge in [0, 0.05) is 11.8 Å². The van der Waals surface area contributed by atoms with Crippen LogP contribution in [0.1, 0.15) is 39.5 Å². The van der Waals surface area contributed by atoms with Crippen LogP contribution in [0.15, 0.2) is 0 Å². The molecule has 0 heterocycles. The fraction of sp³-hybridized carbons (Fsp3) is 0.800. The average molecular weight is 232 g/mol. The molecule has 0 radical (unpaired) electrons. The fourth-order valence-corrected chi connectivity index (χ4v) is 2.27. The Bertz CT molecular complexity index is 182. The molecule has 2 atom stereocenters. The minimum absolute atomic E-state index is 0.187. The van der Waals surface area contributed by atoms with E-state index in [4.69, 9.17) is 35.9 Å². The monoisotopic (exact) mass is 232 g/mol. The van der Waals surface area contributed by atoms with Gasteiger partial charge >= 0.3 is 0 Å². The highest BCUT2D eigenvalue weighted by Gasteiger charge is 2.24. The molecule has 0 amide bonds. The summed E-state index contributed by atoms with van der Waals surface area (Å²) < 4.78 is 0. The predicted molar refractivity (Wildman–Crippen MR) is 70.4 cm³/mol. The van der Waals surface area contributed by atoms with Gasteiger partial charge in [-0.05, 0) is 12.8 Å². The van der Waals surface area contributed by atoms with E-state index in [1.54, 1.807) is 0 Å². The molecule has 0 aromatic rings. The number of nitrogens with two attached hydrogens (primary N) is 2. The predicted octanol–water partition coefficient (Wildman–Crippen LogP) is 2.39. The third-order valence-corrected chi connectivity index (χ3v) is 3.02. The van der Waals surface area contributed by atoms with Crippen LogP contribution < -0.4 is 11.5 Å². The third-order valence-electron chi connectivity index (χ3n) is 2.42. The van der Waals surface area contributed by atoms with Gasteiger partial charge < -0.3 is 11.5 Å². The molecule has 0 aromatic heterocycles. The molecule has 0 rings (SSSR count). The summed E-state index contributed by atoms with van der Waals surface area (Å²) in [6, 6.07) is 0. The smallest absolute Gasteiger partial charge is 0.0765 e. The van der Waals surface area contributed by atoms with Gasteiger partial charge in [0.25, 0.3) is 0 Å². The van der Waals surface area contributed by atoms with Gasteiger partial charge in [-0.2, -0.15) is 0 Å². The maximum Gasteiger partial charge on any atom is 0.0765 e. The minimum atomic E-state index is 0.187. The molecule has 0 aliphatic heterocycles.